The number of rotatable bonds is 16. The Morgan fingerprint density at radius 2 is 0.837 bits per heavy atom. The molecule has 0 aliphatic heterocycles. The first-order chi connectivity index (χ1) is 24.0. The summed E-state index contributed by atoms with van der Waals surface area (Å²) >= 11 is 3.01. The Labute approximate surface area is 294 Å². The molecule has 0 aromatic heterocycles. The van der Waals surface area contributed by atoms with E-state index in [0.29, 0.717) is 22.6 Å². The molecule has 0 heterocycles. The second-order valence-electron chi connectivity index (χ2n) is 11.0. The SMILES string of the molecule is O=C(OC[C@@H](O)[C@H](OC(=O)c1ccccc1)[C@@H](OC(=O)c1ccccc1)C(SCc1ccccc1)SCc1ccccc1)c1ccccc1. The molecular formula is C40H36O7S2. The van der Waals surface area contributed by atoms with Gasteiger partial charge in [-0.25, -0.2) is 14.4 Å². The number of hydrogen-bond donors (Lipinski definition) is 1. The molecule has 5 aromatic rings. The average Bonchev–Trinajstić information content (AvgIpc) is 3.17. The van der Waals surface area contributed by atoms with Crippen LogP contribution in [0.25, 0.3) is 0 Å². The molecule has 0 spiro atoms. The molecule has 0 aliphatic rings. The fourth-order valence-electron chi connectivity index (χ4n) is 4.83. The van der Waals surface area contributed by atoms with Gasteiger partial charge in [0, 0.05) is 11.5 Å². The highest BCUT2D eigenvalue weighted by molar-refractivity contribution is 8.16. The molecule has 0 bridgehead atoms. The van der Waals surface area contributed by atoms with Gasteiger partial charge in [-0.15, -0.1) is 23.5 Å². The number of benzene rings is 5. The molecule has 7 nitrogen and oxygen atoms in total. The highest BCUT2D eigenvalue weighted by atomic mass is 32.2. The van der Waals surface area contributed by atoms with Crippen molar-refractivity contribution < 1.29 is 33.7 Å². The minimum absolute atomic E-state index is 0.250. The van der Waals surface area contributed by atoms with Crippen molar-refractivity contribution >= 4 is 41.4 Å². The topological polar surface area (TPSA) is 99.1 Å². The maximum atomic E-state index is 13.7. The Balaban J connectivity index is 1.50. The van der Waals surface area contributed by atoms with Crippen molar-refractivity contribution in [3.63, 3.8) is 0 Å². The Morgan fingerprint density at radius 3 is 1.24 bits per heavy atom. The summed E-state index contributed by atoms with van der Waals surface area (Å²) in [5, 5.41) is 11.7. The lowest BCUT2D eigenvalue weighted by molar-refractivity contribution is -0.0912. The number of thioether (sulfide) groups is 2. The zero-order chi connectivity index (χ0) is 34.3. The number of aliphatic hydroxyl groups excluding tert-OH is 1. The van der Waals surface area contributed by atoms with Gasteiger partial charge in [0.2, 0.25) is 0 Å². The minimum Gasteiger partial charge on any atom is -0.459 e. The predicted molar refractivity (Wildman–Crippen MR) is 193 cm³/mol. The zero-order valence-corrected chi connectivity index (χ0v) is 28.2. The lowest BCUT2D eigenvalue weighted by Gasteiger charge is -2.34. The predicted octanol–water partition coefficient (Wildman–Crippen LogP) is 7.85. The molecular weight excluding hydrogens is 657 g/mol. The molecule has 0 saturated carbocycles. The number of carbonyl (C=O) groups is 3. The number of ether oxygens (including phenoxy) is 3. The highest BCUT2D eigenvalue weighted by Gasteiger charge is 2.42. The lowest BCUT2D eigenvalue weighted by Crippen LogP contribution is -2.49. The van der Waals surface area contributed by atoms with Crippen LogP contribution in [-0.4, -0.2) is 52.5 Å². The van der Waals surface area contributed by atoms with Gasteiger partial charge in [0.1, 0.15) is 12.7 Å². The largest absolute Gasteiger partial charge is 0.459 e. The van der Waals surface area contributed by atoms with E-state index in [0.717, 1.165) is 11.1 Å². The van der Waals surface area contributed by atoms with Crippen LogP contribution in [0.3, 0.4) is 0 Å². The molecule has 0 radical (unpaired) electrons. The maximum Gasteiger partial charge on any atom is 0.338 e. The van der Waals surface area contributed by atoms with Gasteiger partial charge in [0.25, 0.3) is 0 Å². The van der Waals surface area contributed by atoms with E-state index in [1.54, 1.807) is 91.0 Å². The van der Waals surface area contributed by atoms with Crippen LogP contribution in [0.1, 0.15) is 42.2 Å². The summed E-state index contributed by atoms with van der Waals surface area (Å²) in [7, 11) is 0. The van der Waals surface area contributed by atoms with Crippen LogP contribution >= 0.6 is 23.5 Å². The van der Waals surface area contributed by atoms with Gasteiger partial charge in [-0.05, 0) is 47.5 Å². The summed E-state index contributed by atoms with van der Waals surface area (Å²) < 4.78 is 17.2. The first-order valence-corrected chi connectivity index (χ1v) is 17.8. The van der Waals surface area contributed by atoms with Gasteiger partial charge in [-0.1, -0.05) is 115 Å². The quantitative estimate of drug-likeness (QED) is 0.0630. The van der Waals surface area contributed by atoms with Gasteiger partial charge in [-0.2, -0.15) is 0 Å². The number of hydrogen-bond acceptors (Lipinski definition) is 9. The first-order valence-electron chi connectivity index (χ1n) is 15.7. The number of carbonyl (C=O) groups excluding carboxylic acids is 3. The van der Waals surface area contributed by atoms with Gasteiger partial charge in [-0.3, -0.25) is 0 Å². The average molecular weight is 693 g/mol. The van der Waals surface area contributed by atoms with Gasteiger partial charge < -0.3 is 19.3 Å². The summed E-state index contributed by atoms with van der Waals surface area (Å²) in [5.41, 5.74) is 2.93. The number of aliphatic hydroxyl groups is 1. The van der Waals surface area contributed by atoms with Crippen molar-refractivity contribution in [3.05, 3.63) is 179 Å². The third-order valence-electron chi connectivity index (χ3n) is 7.39. The summed E-state index contributed by atoms with van der Waals surface area (Å²) in [4.78, 5) is 40.1. The lowest BCUT2D eigenvalue weighted by atomic mass is 10.1. The minimum atomic E-state index is -1.55. The molecule has 3 atom stereocenters. The van der Waals surface area contributed by atoms with Crippen molar-refractivity contribution in [1.29, 1.82) is 0 Å². The maximum absolute atomic E-state index is 13.7. The van der Waals surface area contributed by atoms with E-state index >= 15 is 0 Å². The molecule has 9 heteroatoms. The fourth-order valence-corrected chi connectivity index (χ4v) is 7.52. The van der Waals surface area contributed by atoms with Crippen LogP contribution in [0.4, 0.5) is 0 Å². The molecule has 1 N–H and O–H groups in total. The van der Waals surface area contributed by atoms with E-state index in [4.69, 9.17) is 14.2 Å². The van der Waals surface area contributed by atoms with Crippen LogP contribution in [0.5, 0.6) is 0 Å². The van der Waals surface area contributed by atoms with E-state index < -0.39 is 47.4 Å². The van der Waals surface area contributed by atoms with Crippen molar-refractivity contribution in [3.8, 4) is 0 Å². The van der Waals surface area contributed by atoms with E-state index in [1.165, 1.54) is 23.5 Å². The zero-order valence-electron chi connectivity index (χ0n) is 26.6. The van der Waals surface area contributed by atoms with Crippen molar-refractivity contribution in [2.75, 3.05) is 6.61 Å². The summed E-state index contributed by atoms with van der Waals surface area (Å²) in [5.74, 6) is -0.930. The van der Waals surface area contributed by atoms with Crippen LogP contribution in [0.2, 0.25) is 0 Å². The summed E-state index contributed by atoms with van der Waals surface area (Å²) in [6, 6.07) is 44.9. The van der Waals surface area contributed by atoms with Gasteiger partial charge >= 0.3 is 17.9 Å². The smallest absolute Gasteiger partial charge is 0.338 e. The standard InChI is InChI=1S/C40H36O7S2/c41-34(26-45-37(42)31-20-10-3-11-21-31)35(46-38(43)32-22-12-4-13-23-32)36(47-39(44)33-24-14-5-15-25-33)40(48-27-29-16-6-1-7-17-29)49-28-30-18-8-2-9-19-30/h1-25,34-36,40-41H,26-28H2/t34-,35+,36-/m1/s1. The Kier molecular flexibility index (Phi) is 13.5. The van der Waals surface area contributed by atoms with Crippen LogP contribution in [-0.2, 0) is 25.7 Å². The molecule has 5 rings (SSSR count). The molecule has 49 heavy (non-hydrogen) atoms. The third kappa shape index (κ3) is 10.8. The molecule has 0 amide bonds. The summed E-state index contributed by atoms with van der Waals surface area (Å²) in [6.07, 6.45) is -4.14. The second-order valence-corrected chi connectivity index (χ2v) is 13.5. The fraction of sp³-hybridized carbons (Fsp3) is 0.175. The third-order valence-corrected chi connectivity index (χ3v) is 10.4. The Hall–Kier alpha value is -4.83. The number of esters is 3. The first kappa shape index (κ1) is 35.5. The van der Waals surface area contributed by atoms with Crippen molar-refractivity contribution in [2.45, 2.75) is 34.4 Å². The molecule has 0 fully saturated rings. The van der Waals surface area contributed by atoms with Crippen LogP contribution in [0, 0.1) is 0 Å². The normalized spacial score (nSPS) is 12.8. The van der Waals surface area contributed by atoms with Crippen molar-refractivity contribution in [1.82, 2.24) is 0 Å². The van der Waals surface area contributed by atoms with E-state index in [9.17, 15) is 19.5 Å². The Bertz CT molecular complexity index is 1700. The molecule has 0 saturated heterocycles. The second kappa shape index (κ2) is 18.6. The van der Waals surface area contributed by atoms with Gasteiger partial charge in [0.15, 0.2) is 12.2 Å². The van der Waals surface area contributed by atoms with Crippen LogP contribution in [0.15, 0.2) is 152 Å². The molecule has 0 unspecified atom stereocenters. The van der Waals surface area contributed by atoms with E-state index in [1.807, 2.05) is 60.7 Å². The van der Waals surface area contributed by atoms with Crippen molar-refractivity contribution in [2.24, 2.45) is 0 Å². The monoisotopic (exact) mass is 692 g/mol. The highest BCUT2D eigenvalue weighted by Crippen LogP contribution is 2.37. The van der Waals surface area contributed by atoms with Gasteiger partial charge in [0.05, 0.1) is 21.3 Å². The molecule has 5 aromatic carbocycles. The molecule has 250 valence electrons. The Morgan fingerprint density at radius 1 is 0.490 bits per heavy atom. The van der Waals surface area contributed by atoms with E-state index in [2.05, 4.69) is 0 Å². The van der Waals surface area contributed by atoms with E-state index in [-0.39, 0.29) is 5.56 Å². The van der Waals surface area contributed by atoms with Crippen LogP contribution < -0.4 is 0 Å². The molecule has 0 aliphatic carbocycles. The summed E-state index contributed by atoms with van der Waals surface area (Å²) in [6.45, 7) is -0.515.